The number of rotatable bonds is 7. The number of hydrogen-bond donors (Lipinski definition) is 0. The van der Waals surface area contributed by atoms with Crippen molar-refractivity contribution in [1.29, 1.82) is 0 Å². The van der Waals surface area contributed by atoms with Crippen LogP contribution < -0.4 is 9.44 Å². The monoisotopic (exact) mass is 369 g/mol. The van der Waals surface area contributed by atoms with Crippen molar-refractivity contribution in [2.45, 2.75) is 42.6 Å². The van der Waals surface area contributed by atoms with Crippen LogP contribution >= 0.6 is 12.0 Å². The molecule has 0 N–H and O–H groups in total. The number of halogens is 2. The molecule has 2 rings (SSSR count). The molecule has 0 spiro atoms. The average Bonchev–Trinajstić information content (AvgIpc) is 2.54. The highest BCUT2D eigenvalue weighted by molar-refractivity contribution is 8.09. The molecule has 1 saturated carbocycles. The first-order valence-electron chi connectivity index (χ1n) is 6.92. The fourth-order valence-electron chi connectivity index (χ4n) is 2.50. The normalized spacial score (nSPS) is 17.2. The predicted molar refractivity (Wildman–Crippen MR) is 76.5 cm³/mol. The second kappa shape index (κ2) is 7.75. The van der Waals surface area contributed by atoms with E-state index in [1.54, 1.807) is 12.1 Å². The molecular weight excluding hydrogens is 354 g/mol. The van der Waals surface area contributed by atoms with Crippen LogP contribution in [0.1, 0.15) is 43.6 Å². The Kier molecular flexibility index (Phi) is 6.20. The van der Waals surface area contributed by atoms with Crippen molar-refractivity contribution >= 4 is 22.2 Å². The van der Waals surface area contributed by atoms with Crippen LogP contribution in [0.4, 0.5) is 8.78 Å². The van der Waals surface area contributed by atoms with E-state index >= 15 is 0 Å². The molecule has 0 heterocycles. The third-order valence-electron chi connectivity index (χ3n) is 3.61. The summed E-state index contributed by atoms with van der Waals surface area (Å²) < 4.78 is 52.9. The molecule has 0 saturated heterocycles. The minimum atomic E-state index is -5.34. The maximum atomic E-state index is 13.4. The summed E-state index contributed by atoms with van der Waals surface area (Å²) in [5.41, 5.74) is 1.03. The number of hydrogen-bond acceptors (Lipinski definition) is 7. The zero-order chi connectivity index (χ0) is 16.9. The highest BCUT2D eigenvalue weighted by Gasteiger charge is 2.50. The van der Waals surface area contributed by atoms with Crippen molar-refractivity contribution in [2.24, 2.45) is 0 Å². The molecule has 1 fully saturated rings. The zero-order valence-electron chi connectivity index (χ0n) is 11.9. The van der Waals surface area contributed by atoms with Crippen LogP contribution in [-0.2, 0) is 19.5 Å². The minimum absolute atomic E-state index is 0.243. The van der Waals surface area contributed by atoms with E-state index in [2.05, 4.69) is 13.6 Å². The maximum absolute atomic E-state index is 13.4. The Morgan fingerprint density at radius 2 is 1.74 bits per heavy atom. The van der Waals surface area contributed by atoms with Gasteiger partial charge >= 0.3 is 14.7 Å². The summed E-state index contributed by atoms with van der Waals surface area (Å²) >= 11 is -0.950. The fraction of sp³-hybridized carbons (Fsp3) is 0.538. The summed E-state index contributed by atoms with van der Waals surface area (Å²) in [6.45, 7) is 0. The molecule has 1 aliphatic carbocycles. The van der Waals surface area contributed by atoms with Gasteiger partial charge in [0.1, 0.15) is 17.8 Å². The van der Waals surface area contributed by atoms with Gasteiger partial charge in [-0.15, -0.1) is 0 Å². The van der Waals surface area contributed by atoms with Gasteiger partial charge in [0.15, 0.2) is 0 Å². The molecule has 0 atom stereocenters. The first kappa shape index (κ1) is 18.4. The molecule has 1 aromatic rings. The van der Waals surface area contributed by atoms with Crippen molar-refractivity contribution in [3.8, 4) is 5.75 Å². The molecule has 0 radical (unpaired) electrons. The summed E-state index contributed by atoms with van der Waals surface area (Å²) in [6.07, 6.45) is 5.60. The third kappa shape index (κ3) is 4.77. The maximum Gasteiger partial charge on any atom is 0.456 e. The van der Waals surface area contributed by atoms with E-state index in [0.717, 1.165) is 31.2 Å². The molecule has 23 heavy (non-hydrogen) atoms. The van der Waals surface area contributed by atoms with Crippen LogP contribution in [0.15, 0.2) is 24.3 Å². The average molecular weight is 369 g/mol. The van der Waals surface area contributed by atoms with Gasteiger partial charge in [-0.3, -0.25) is 5.04 Å². The molecule has 0 unspecified atom stereocenters. The number of benzene rings is 1. The van der Waals surface area contributed by atoms with Gasteiger partial charge in [0.05, 0.1) is 0 Å². The molecule has 1 aromatic carbocycles. The van der Waals surface area contributed by atoms with Crippen molar-refractivity contribution < 1.29 is 36.0 Å². The van der Waals surface area contributed by atoms with E-state index in [1.165, 1.54) is 18.6 Å². The molecule has 130 valence electrons. The highest BCUT2D eigenvalue weighted by atomic mass is 32.3. The van der Waals surface area contributed by atoms with E-state index in [-0.39, 0.29) is 5.75 Å². The predicted octanol–water partition coefficient (Wildman–Crippen LogP) is 2.86. The Labute approximate surface area is 136 Å². The molecule has 10 heteroatoms. The van der Waals surface area contributed by atoms with E-state index in [0.29, 0.717) is 5.92 Å². The van der Waals surface area contributed by atoms with Gasteiger partial charge in [-0.05, 0) is 36.5 Å². The Hall–Kier alpha value is -0.940. The lowest BCUT2D eigenvalue weighted by molar-refractivity contribution is -0.777. The van der Waals surface area contributed by atoms with Crippen molar-refractivity contribution in [3.63, 3.8) is 0 Å². The Bertz CT molecular complexity index is 599. The van der Waals surface area contributed by atoms with Crippen LogP contribution in [0, 0.1) is 0 Å². The van der Waals surface area contributed by atoms with Crippen LogP contribution in [0.5, 0.6) is 5.75 Å². The second-order valence-corrected chi connectivity index (χ2v) is 7.79. The van der Waals surface area contributed by atoms with Crippen LogP contribution in [-0.4, -0.2) is 13.0 Å². The Balaban J connectivity index is 2.04. The van der Waals surface area contributed by atoms with Gasteiger partial charge in [-0.2, -0.15) is 21.5 Å². The lowest BCUT2D eigenvalue weighted by atomic mass is 9.84. The summed E-state index contributed by atoms with van der Waals surface area (Å²) in [4.78, 5) is 0. The van der Waals surface area contributed by atoms with Gasteiger partial charge in [0.2, 0.25) is 0 Å². The SMILES string of the molecule is O=S(=O)(Oc1ccc(C2CCCCC2)cc1)C(F)(F)SOO[O-]. The fourth-order valence-corrected chi connectivity index (χ4v) is 3.59. The number of alkyl halides is 2. The van der Waals surface area contributed by atoms with E-state index in [4.69, 9.17) is 0 Å². The minimum Gasteiger partial charge on any atom is -0.691 e. The smallest absolute Gasteiger partial charge is 0.456 e. The van der Waals surface area contributed by atoms with E-state index < -0.39 is 26.7 Å². The first-order chi connectivity index (χ1) is 10.9. The van der Waals surface area contributed by atoms with Crippen molar-refractivity contribution in [3.05, 3.63) is 29.8 Å². The van der Waals surface area contributed by atoms with Crippen LogP contribution in [0.2, 0.25) is 0 Å². The van der Waals surface area contributed by atoms with Crippen LogP contribution in [0.3, 0.4) is 0 Å². The van der Waals surface area contributed by atoms with Gasteiger partial charge in [0.25, 0.3) is 0 Å². The van der Waals surface area contributed by atoms with Crippen molar-refractivity contribution in [1.82, 2.24) is 0 Å². The van der Waals surface area contributed by atoms with E-state index in [9.17, 15) is 22.5 Å². The summed E-state index contributed by atoms with van der Waals surface area (Å²) in [5.74, 6) is 0.155. The summed E-state index contributed by atoms with van der Waals surface area (Å²) in [6, 6.07) is 5.99. The second-order valence-electron chi connectivity index (χ2n) is 5.12. The standard InChI is InChI=1S/C13H16F2O6S2/c14-13(15,22-21-20-16)23(17,18)19-12-8-6-11(7-9-12)10-4-2-1-3-5-10/h6-10,16H,1-5H2/p-1. The zero-order valence-corrected chi connectivity index (χ0v) is 13.6. The molecule has 0 bridgehead atoms. The lowest BCUT2D eigenvalue weighted by Gasteiger charge is -2.22. The summed E-state index contributed by atoms with van der Waals surface area (Å²) in [5, 5.41) is 12.3. The van der Waals surface area contributed by atoms with Gasteiger partial charge in [-0.1, -0.05) is 31.4 Å². The third-order valence-corrected chi connectivity index (χ3v) is 5.74. The quantitative estimate of drug-likeness (QED) is 0.316. The van der Waals surface area contributed by atoms with Gasteiger partial charge in [0, 0.05) is 0 Å². The Morgan fingerprint density at radius 1 is 1.13 bits per heavy atom. The van der Waals surface area contributed by atoms with Crippen molar-refractivity contribution in [2.75, 3.05) is 0 Å². The van der Waals surface area contributed by atoms with Gasteiger partial charge < -0.3 is 9.44 Å². The molecule has 6 nitrogen and oxygen atoms in total. The molecule has 0 amide bonds. The topological polar surface area (TPSA) is 84.9 Å². The Morgan fingerprint density at radius 3 is 2.30 bits per heavy atom. The lowest BCUT2D eigenvalue weighted by Crippen LogP contribution is -2.30. The molecule has 1 aliphatic rings. The largest absolute Gasteiger partial charge is 0.691 e. The van der Waals surface area contributed by atoms with Crippen LogP contribution in [0.25, 0.3) is 0 Å². The van der Waals surface area contributed by atoms with Gasteiger partial charge in [-0.25, -0.2) is 0 Å². The van der Waals surface area contributed by atoms with E-state index in [1.807, 2.05) is 0 Å². The summed E-state index contributed by atoms with van der Waals surface area (Å²) in [7, 11) is -5.34. The molecule has 0 aromatic heterocycles. The highest BCUT2D eigenvalue weighted by Crippen LogP contribution is 2.38. The molecule has 0 aliphatic heterocycles. The first-order valence-corrected chi connectivity index (χ1v) is 9.07. The molecular formula is C13H15F2O6S2-.